The first-order valence-electron chi connectivity index (χ1n) is 8.09. The molecule has 0 heterocycles. The highest BCUT2D eigenvalue weighted by Crippen LogP contribution is 2.43. The van der Waals surface area contributed by atoms with E-state index in [1.54, 1.807) is 0 Å². The number of nitrogens with two attached hydrogens (primary N) is 1. The highest BCUT2D eigenvalue weighted by molar-refractivity contribution is 5.85. The van der Waals surface area contributed by atoms with E-state index in [9.17, 15) is 4.79 Å². The SMILES string of the molecule is CCCC(C)(N)C(=O)NCC1(Cc2ccccc2)CCC1. The van der Waals surface area contributed by atoms with Crippen molar-refractivity contribution in [2.75, 3.05) is 6.54 Å². The molecule has 0 aliphatic heterocycles. The molecule has 1 aliphatic rings. The Bertz CT molecular complexity index is 463. The molecule has 1 amide bonds. The summed E-state index contributed by atoms with van der Waals surface area (Å²) in [5, 5.41) is 3.11. The lowest BCUT2D eigenvalue weighted by Crippen LogP contribution is -2.54. The molecule has 1 aromatic carbocycles. The third kappa shape index (κ3) is 4.07. The molecular formula is C18H28N2O. The molecule has 1 aliphatic carbocycles. The van der Waals surface area contributed by atoms with Gasteiger partial charge >= 0.3 is 0 Å². The van der Waals surface area contributed by atoms with Crippen LogP contribution in [0, 0.1) is 5.41 Å². The second-order valence-electron chi connectivity index (χ2n) is 6.87. The molecule has 0 saturated heterocycles. The zero-order valence-corrected chi connectivity index (χ0v) is 13.3. The molecule has 2 rings (SSSR count). The third-order valence-electron chi connectivity index (χ3n) is 4.75. The van der Waals surface area contributed by atoms with Gasteiger partial charge in [0.1, 0.15) is 0 Å². The normalized spacial score (nSPS) is 19.4. The van der Waals surface area contributed by atoms with Crippen LogP contribution in [0.4, 0.5) is 0 Å². The number of benzene rings is 1. The van der Waals surface area contributed by atoms with Crippen LogP contribution in [-0.4, -0.2) is 18.0 Å². The number of hydrogen-bond acceptors (Lipinski definition) is 2. The van der Waals surface area contributed by atoms with Gasteiger partial charge in [-0.25, -0.2) is 0 Å². The maximum absolute atomic E-state index is 12.3. The van der Waals surface area contributed by atoms with Crippen LogP contribution < -0.4 is 11.1 Å². The monoisotopic (exact) mass is 288 g/mol. The summed E-state index contributed by atoms with van der Waals surface area (Å²) >= 11 is 0. The van der Waals surface area contributed by atoms with E-state index < -0.39 is 5.54 Å². The van der Waals surface area contributed by atoms with E-state index in [0.717, 1.165) is 25.8 Å². The van der Waals surface area contributed by atoms with Crippen LogP contribution >= 0.6 is 0 Å². The molecule has 1 aromatic rings. The van der Waals surface area contributed by atoms with Gasteiger partial charge in [0.05, 0.1) is 5.54 Å². The van der Waals surface area contributed by atoms with Gasteiger partial charge < -0.3 is 11.1 Å². The largest absolute Gasteiger partial charge is 0.354 e. The highest BCUT2D eigenvalue weighted by Gasteiger charge is 2.38. The molecule has 0 aromatic heterocycles. The standard InChI is InChI=1S/C18H28N2O/c1-3-10-17(2,19)16(21)20-14-18(11-7-12-18)13-15-8-5-4-6-9-15/h4-6,8-9H,3,7,10-14,19H2,1-2H3,(H,20,21). The Morgan fingerprint density at radius 2 is 2.00 bits per heavy atom. The molecule has 0 radical (unpaired) electrons. The number of nitrogens with one attached hydrogen (secondary N) is 1. The summed E-state index contributed by atoms with van der Waals surface area (Å²) in [6.07, 6.45) is 6.34. The maximum Gasteiger partial charge on any atom is 0.239 e. The van der Waals surface area contributed by atoms with E-state index in [1.165, 1.54) is 24.8 Å². The van der Waals surface area contributed by atoms with E-state index in [-0.39, 0.29) is 11.3 Å². The predicted molar refractivity (Wildman–Crippen MR) is 86.9 cm³/mol. The van der Waals surface area contributed by atoms with Crippen molar-refractivity contribution in [3.8, 4) is 0 Å². The summed E-state index contributed by atoms with van der Waals surface area (Å²) < 4.78 is 0. The van der Waals surface area contributed by atoms with Gasteiger partial charge in [-0.05, 0) is 43.6 Å². The fourth-order valence-electron chi connectivity index (χ4n) is 3.22. The molecule has 116 valence electrons. The van der Waals surface area contributed by atoms with Crippen molar-refractivity contribution in [2.45, 2.75) is 57.9 Å². The second kappa shape index (κ2) is 6.61. The minimum absolute atomic E-state index is 0.0105. The number of hydrogen-bond donors (Lipinski definition) is 2. The minimum atomic E-state index is -0.744. The second-order valence-corrected chi connectivity index (χ2v) is 6.87. The lowest BCUT2D eigenvalue weighted by atomic mass is 9.65. The van der Waals surface area contributed by atoms with Crippen molar-refractivity contribution < 1.29 is 4.79 Å². The summed E-state index contributed by atoms with van der Waals surface area (Å²) in [6, 6.07) is 10.6. The summed E-state index contributed by atoms with van der Waals surface area (Å²) in [6.45, 7) is 4.63. The molecule has 1 saturated carbocycles. The van der Waals surface area contributed by atoms with E-state index in [2.05, 4.69) is 36.5 Å². The first kappa shape index (κ1) is 16.0. The topological polar surface area (TPSA) is 55.1 Å². The first-order chi connectivity index (χ1) is 9.97. The van der Waals surface area contributed by atoms with E-state index in [1.807, 2.05) is 13.0 Å². The van der Waals surface area contributed by atoms with Crippen molar-refractivity contribution in [3.63, 3.8) is 0 Å². The van der Waals surface area contributed by atoms with Crippen molar-refractivity contribution in [2.24, 2.45) is 11.1 Å². The molecule has 21 heavy (non-hydrogen) atoms. The Kier molecular flexibility index (Phi) is 5.04. The maximum atomic E-state index is 12.3. The summed E-state index contributed by atoms with van der Waals surface area (Å²) in [5.41, 5.74) is 6.95. The van der Waals surface area contributed by atoms with Crippen LogP contribution in [0.2, 0.25) is 0 Å². The smallest absolute Gasteiger partial charge is 0.239 e. The molecule has 0 spiro atoms. The average molecular weight is 288 g/mol. The average Bonchev–Trinajstić information content (AvgIpc) is 2.42. The Morgan fingerprint density at radius 3 is 2.52 bits per heavy atom. The number of carbonyl (C=O) groups excluding carboxylic acids is 1. The summed E-state index contributed by atoms with van der Waals surface area (Å²) in [4.78, 5) is 12.3. The fraction of sp³-hybridized carbons (Fsp3) is 0.611. The van der Waals surface area contributed by atoms with Gasteiger partial charge in [0.15, 0.2) is 0 Å². The first-order valence-corrected chi connectivity index (χ1v) is 8.09. The lowest BCUT2D eigenvalue weighted by Gasteiger charge is -2.43. The van der Waals surface area contributed by atoms with Gasteiger partial charge in [0.2, 0.25) is 5.91 Å². The number of rotatable bonds is 7. The zero-order chi connectivity index (χ0) is 15.3. The van der Waals surface area contributed by atoms with Gasteiger partial charge in [0.25, 0.3) is 0 Å². The molecule has 3 N–H and O–H groups in total. The van der Waals surface area contributed by atoms with Crippen LogP contribution in [-0.2, 0) is 11.2 Å². The van der Waals surface area contributed by atoms with Gasteiger partial charge in [-0.2, -0.15) is 0 Å². The Morgan fingerprint density at radius 1 is 1.33 bits per heavy atom. The van der Waals surface area contributed by atoms with Crippen LogP contribution in [0.15, 0.2) is 30.3 Å². The van der Waals surface area contributed by atoms with E-state index in [0.29, 0.717) is 0 Å². The Balaban J connectivity index is 1.92. The molecule has 3 nitrogen and oxygen atoms in total. The predicted octanol–water partition coefficient (Wildman–Crippen LogP) is 3.03. The van der Waals surface area contributed by atoms with Crippen molar-refractivity contribution in [3.05, 3.63) is 35.9 Å². The van der Waals surface area contributed by atoms with Gasteiger partial charge in [-0.3, -0.25) is 4.79 Å². The molecular weight excluding hydrogens is 260 g/mol. The van der Waals surface area contributed by atoms with Gasteiger partial charge in [0, 0.05) is 6.54 Å². The number of carbonyl (C=O) groups is 1. The van der Waals surface area contributed by atoms with Crippen LogP contribution in [0.3, 0.4) is 0 Å². The van der Waals surface area contributed by atoms with Gasteiger partial charge in [-0.1, -0.05) is 50.1 Å². The van der Waals surface area contributed by atoms with Crippen LogP contribution in [0.1, 0.15) is 51.5 Å². The quantitative estimate of drug-likeness (QED) is 0.810. The molecule has 0 bridgehead atoms. The van der Waals surface area contributed by atoms with Crippen molar-refractivity contribution in [1.82, 2.24) is 5.32 Å². The molecule has 1 fully saturated rings. The summed E-state index contributed by atoms with van der Waals surface area (Å²) in [7, 11) is 0. The van der Waals surface area contributed by atoms with Crippen molar-refractivity contribution in [1.29, 1.82) is 0 Å². The third-order valence-corrected chi connectivity index (χ3v) is 4.75. The Hall–Kier alpha value is -1.35. The van der Waals surface area contributed by atoms with Crippen LogP contribution in [0.25, 0.3) is 0 Å². The van der Waals surface area contributed by atoms with Gasteiger partial charge in [-0.15, -0.1) is 0 Å². The molecule has 3 heteroatoms. The van der Waals surface area contributed by atoms with E-state index >= 15 is 0 Å². The highest BCUT2D eigenvalue weighted by atomic mass is 16.2. The number of amides is 1. The lowest BCUT2D eigenvalue weighted by molar-refractivity contribution is -0.127. The van der Waals surface area contributed by atoms with E-state index in [4.69, 9.17) is 5.73 Å². The fourth-order valence-corrected chi connectivity index (χ4v) is 3.22. The Labute approximate surface area is 128 Å². The molecule has 1 unspecified atom stereocenters. The zero-order valence-electron chi connectivity index (χ0n) is 13.3. The summed E-state index contributed by atoms with van der Waals surface area (Å²) in [5.74, 6) is -0.0105. The van der Waals surface area contributed by atoms with Crippen LogP contribution in [0.5, 0.6) is 0 Å². The molecule has 1 atom stereocenters. The minimum Gasteiger partial charge on any atom is -0.354 e. The van der Waals surface area contributed by atoms with Crippen molar-refractivity contribution >= 4 is 5.91 Å².